The highest BCUT2D eigenvalue weighted by atomic mass is 19.4. The van der Waals surface area contributed by atoms with Gasteiger partial charge in [-0.15, -0.1) is 0 Å². The Morgan fingerprint density at radius 2 is 2.26 bits per heavy atom. The van der Waals surface area contributed by atoms with Gasteiger partial charge in [0.25, 0.3) is 0 Å². The van der Waals surface area contributed by atoms with Crippen LogP contribution >= 0.6 is 0 Å². The average Bonchev–Trinajstić information content (AvgIpc) is 2.95. The zero-order valence-electron chi connectivity index (χ0n) is 9.61. The Hall–Kier alpha value is -2.32. The molecule has 9 heteroatoms. The number of rotatable bonds is 4. The molecule has 2 aromatic heterocycles. The van der Waals surface area contributed by atoms with Crippen molar-refractivity contribution in [2.45, 2.75) is 19.3 Å². The minimum atomic E-state index is -4.50. The molecule has 2 aromatic rings. The molecule has 0 aromatic carbocycles. The van der Waals surface area contributed by atoms with Gasteiger partial charge in [0.2, 0.25) is 5.91 Å². The normalized spacial score (nSPS) is 11.5. The molecule has 0 aliphatic rings. The summed E-state index contributed by atoms with van der Waals surface area (Å²) in [5.74, 6) is 0.109. The number of alkyl halides is 3. The number of amides is 1. The van der Waals surface area contributed by atoms with Gasteiger partial charge in [-0.1, -0.05) is 0 Å². The lowest BCUT2D eigenvalue weighted by Gasteiger charge is -2.04. The highest BCUT2D eigenvalue weighted by molar-refractivity contribution is 5.75. The molecular weight excluding hydrogens is 263 g/mol. The van der Waals surface area contributed by atoms with Crippen molar-refractivity contribution in [2.75, 3.05) is 0 Å². The Balaban J connectivity index is 1.87. The summed E-state index contributed by atoms with van der Waals surface area (Å²) in [7, 11) is 0. The van der Waals surface area contributed by atoms with Gasteiger partial charge in [0.15, 0.2) is 5.69 Å². The van der Waals surface area contributed by atoms with E-state index in [1.165, 1.54) is 6.20 Å². The van der Waals surface area contributed by atoms with Crippen LogP contribution in [0.1, 0.15) is 11.5 Å². The maximum absolute atomic E-state index is 12.3. The minimum Gasteiger partial charge on any atom is -0.347 e. The third kappa shape index (κ3) is 3.57. The summed E-state index contributed by atoms with van der Waals surface area (Å²) in [6.07, 6.45) is -0.264. The lowest BCUT2D eigenvalue weighted by Crippen LogP contribution is -2.27. The highest BCUT2D eigenvalue weighted by Gasteiger charge is 2.33. The molecule has 0 atom stereocenters. The molecule has 19 heavy (non-hydrogen) atoms. The number of carbonyl (C=O) groups is 1. The summed E-state index contributed by atoms with van der Waals surface area (Å²) in [5.41, 5.74) is -1.02. The molecule has 0 aliphatic heterocycles. The van der Waals surface area contributed by atoms with E-state index in [2.05, 4.69) is 20.4 Å². The predicted octanol–water partition coefficient (Wildman–Crippen LogP) is 0.941. The van der Waals surface area contributed by atoms with Gasteiger partial charge in [-0.3, -0.25) is 9.48 Å². The smallest absolute Gasteiger partial charge is 0.347 e. The lowest BCUT2D eigenvalue weighted by molar-refractivity contribution is -0.141. The summed E-state index contributed by atoms with van der Waals surface area (Å²) in [6.45, 7) is -0.101. The fraction of sp³-hybridized carbons (Fsp3) is 0.300. The molecule has 0 saturated carbocycles. The van der Waals surface area contributed by atoms with E-state index in [1.807, 2.05) is 0 Å². The number of H-pyrrole nitrogens is 1. The molecule has 2 N–H and O–H groups in total. The average molecular weight is 273 g/mol. The number of nitrogens with one attached hydrogen (secondary N) is 2. The number of aromatic nitrogens is 4. The summed E-state index contributed by atoms with van der Waals surface area (Å²) >= 11 is 0. The molecule has 102 valence electrons. The van der Waals surface area contributed by atoms with Crippen LogP contribution in [0.2, 0.25) is 0 Å². The third-order valence-electron chi connectivity index (χ3n) is 2.24. The minimum absolute atomic E-state index is 0.180. The second kappa shape index (κ2) is 5.12. The Morgan fingerprint density at radius 3 is 2.84 bits per heavy atom. The van der Waals surface area contributed by atoms with E-state index >= 15 is 0 Å². The Morgan fingerprint density at radius 1 is 1.47 bits per heavy atom. The van der Waals surface area contributed by atoms with E-state index in [9.17, 15) is 18.0 Å². The Bertz CT molecular complexity index is 546. The Kier molecular flexibility index (Phi) is 3.54. The standard InChI is InChI=1S/C10H10F3N5O/c11-10(12,13)7-1-4-18(17-7)6-9(19)16-5-8-14-2-3-15-8/h1-4H,5-6H2,(H,14,15)(H,16,19). The number of imidazole rings is 1. The number of aromatic amines is 1. The fourth-order valence-electron chi connectivity index (χ4n) is 1.38. The van der Waals surface area contributed by atoms with Crippen molar-refractivity contribution in [3.8, 4) is 0 Å². The van der Waals surface area contributed by atoms with Gasteiger partial charge < -0.3 is 10.3 Å². The van der Waals surface area contributed by atoms with E-state index in [0.717, 1.165) is 16.9 Å². The fourth-order valence-corrected chi connectivity index (χ4v) is 1.38. The van der Waals surface area contributed by atoms with Gasteiger partial charge >= 0.3 is 6.18 Å². The van der Waals surface area contributed by atoms with E-state index in [-0.39, 0.29) is 13.1 Å². The number of halogens is 3. The molecule has 0 radical (unpaired) electrons. The van der Waals surface area contributed by atoms with Crippen LogP contribution in [-0.2, 0) is 24.1 Å². The van der Waals surface area contributed by atoms with Crippen molar-refractivity contribution in [2.24, 2.45) is 0 Å². The van der Waals surface area contributed by atoms with E-state index in [1.54, 1.807) is 6.20 Å². The van der Waals surface area contributed by atoms with Crippen LogP contribution in [0.25, 0.3) is 0 Å². The van der Waals surface area contributed by atoms with Gasteiger partial charge in [0.05, 0.1) is 6.54 Å². The van der Waals surface area contributed by atoms with Crippen molar-refractivity contribution >= 4 is 5.91 Å². The number of nitrogens with zero attached hydrogens (tertiary/aromatic N) is 3. The van der Waals surface area contributed by atoms with Gasteiger partial charge in [0.1, 0.15) is 12.4 Å². The van der Waals surface area contributed by atoms with Gasteiger partial charge in [-0.2, -0.15) is 18.3 Å². The van der Waals surface area contributed by atoms with Crippen molar-refractivity contribution in [1.29, 1.82) is 0 Å². The van der Waals surface area contributed by atoms with Crippen molar-refractivity contribution in [3.63, 3.8) is 0 Å². The molecule has 0 fully saturated rings. The van der Waals surface area contributed by atoms with Crippen LogP contribution in [0.4, 0.5) is 13.2 Å². The Labute approximate surface area is 105 Å². The molecule has 0 unspecified atom stereocenters. The van der Waals surface area contributed by atoms with Crippen LogP contribution in [0.15, 0.2) is 24.7 Å². The number of carbonyl (C=O) groups excluding carboxylic acids is 1. The molecular formula is C10H10F3N5O. The monoisotopic (exact) mass is 273 g/mol. The largest absolute Gasteiger partial charge is 0.435 e. The first-order chi connectivity index (χ1) is 8.95. The van der Waals surface area contributed by atoms with Crippen LogP contribution in [0.3, 0.4) is 0 Å². The first kappa shape index (κ1) is 13.1. The molecule has 1 amide bonds. The lowest BCUT2D eigenvalue weighted by atomic mass is 10.4. The second-order valence-electron chi connectivity index (χ2n) is 3.71. The number of hydrogen-bond donors (Lipinski definition) is 2. The summed E-state index contributed by atoms with van der Waals surface area (Å²) in [4.78, 5) is 18.1. The van der Waals surface area contributed by atoms with E-state index < -0.39 is 17.8 Å². The van der Waals surface area contributed by atoms with Crippen LogP contribution in [-0.4, -0.2) is 25.7 Å². The third-order valence-corrected chi connectivity index (χ3v) is 2.24. The quantitative estimate of drug-likeness (QED) is 0.870. The number of hydrogen-bond acceptors (Lipinski definition) is 3. The summed E-state index contributed by atoms with van der Waals surface area (Å²) < 4.78 is 37.8. The topological polar surface area (TPSA) is 75.6 Å². The first-order valence-corrected chi connectivity index (χ1v) is 5.31. The predicted molar refractivity (Wildman–Crippen MR) is 57.7 cm³/mol. The first-order valence-electron chi connectivity index (χ1n) is 5.31. The van der Waals surface area contributed by atoms with Gasteiger partial charge in [-0.25, -0.2) is 4.98 Å². The molecule has 0 spiro atoms. The van der Waals surface area contributed by atoms with Crippen LogP contribution in [0, 0.1) is 0 Å². The molecule has 2 heterocycles. The zero-order chi connectivity index (χ0) is 13.9. The van der Waals surface area contributed by atoms with E-state index in [0.29, 0.717) is 5.82 Å². The molecule has 0 aliphatic carbocycles. The van der Waals surface area contributed by atoms with E-state index in [4.69, 9.17) is 0 Å². The van der Waals surface area contributed by atoms with Crippen molar-refractivity contribution < 1.29 is 18.0 Å². The molecule has 0 saturated heterocycles. The van der Waals surface area contributed by atoms with Crippen LogP contribution < -0.4 is 5.32 Å². The highest BCUT2D eigenvalue weighted by Crippen LogP contribution is 2.27. The summed E-state index contributed by atoms with van der Waals surface area (Å²) in [5, 5.41) is 5.78. The zero-order valence-corrected chi connectivity index (χ0v) is 9.61. The van der Waals surface area contributed by atoms with Crippen molar-refractivity contribution in [3.05, 3.63) is 36.2 Å². The second-order valence-corrected chi connectivity index (χ2v) is 3.71. The SMILES string of the molecule is O=C(Cn1ccc(C(F)(F)F)n1)NCc1ncc[nH]1. The molecule has 2 rings (SSSR count). The summed E-state index contributed by atoms with van der Waals surface area (Å²) in [6, 6.07) is 0.819. The maximum atomic E-state index is 12.3. The molecule has 0 bridgehead atoms. The molecule has 6 nitrogen and oxygen atoms in total. The van der Waals surface area contributed by atoms with Crippen LogP contribution in [0.5, 0.6) is 0 Å². The maximum Gasteiger partial charge on any atom is 0.435 e. The van der Waals surface area contributed by atoms with Gasteiger partial charge in [-0.05, 0) is 6.07 Å². The van der Waals surface area contributed by atoms with Gasteiger partial charge in [0, 0.05) is 18.6 Å². The van der Waals surface area contributed by atoms with Crippen molar-refractivity contribution in [1.82, 2.24) is 25.1 Å².